The number of hydrogen-bond donors (Lipinski definition) is 6. The molecule has 0 aliphatic heterocycles. The summed E-state index contributed by atoms with van der Waals surface area (Å²) < 4.78 is 34.4. The van der Waals surface area contributed by atoms with Crippen LogP contribution in [-0.2, 0) is 27.9 Å². The van der Waals surface area contributed by atoms with E-state index < -0.39 is 63.1 Å². The second kappa shape index (κ2) is 46.1. The van der Waals surface area contributed by atoms with E-state index >= 15 is 0 Å². The normalized spacial score (nSPS) is 21.3. The Hall–Kier alpha value is -1.70. The van der Waals surface area contributed by atoms with Crippen molar-refractivity contribution in [2.24, 2.45) is 0 Å². The van der Waals surface area contributed by atoms with Gasteiger partial charge in [0.05, 0.1) is 13.2 Å². The van der Waals surface area contributed by atoms with Gasteiger partial charge in [0, 0.05) is 13.0 Å². The smallest absolute Gasteiger partial charge is 0.457 e. The van der Waals surface area contributed by atoms with Crippen molar-refractivity contribution in [1.82, 2.24) is 0 Å². The zero-order chi connectivity index (χ0) is 50.5. The number of phosphoric acid groups is 1. The SMILES string of the molecule is CC/C=C\C/C=C\C/C=C\C/C=C\CCCCCCCCCOCC(COP(=O)(O)OC1C(O)C(O)C(O)C(O)C1O)OC(=O)CCCCCCCCCCCCCCCCCCCCCCCC. The summed E-state index contributed by atoms with van der Waals surface area (Å²) in [4.78, 5) is 23.3. The van der Waals surface area contributed by atoms with E-state index in [0.717, 1.165) is 77.0 Å². The lowest BCUT2D eigenvalue weighted by molar-refractivity contribution is -0.220. The van der Waals surface area contributed by atoms with Crippen LogP contribution in [0.25, 0.3) is 0 Å². The molecule has 404 valence electrons. The van der Waals surface area contributed by atoms with Gasteiger partial charge in [0.25, 0.3) is 0 Å². The van der Waals surface area contributed by atoms with Crippen LogP contribution in [0.4, 0.5) is 0 Å². The van der Waals surface area contributed by atoms with Crippen molar-refractivity contribution in [1.29, 1.82) is 0 Å². The third-order valence-corrected chi connectivity index (χ3v) is 14.0. The average molecular weight is 999 g/mol. The molecule has 13 heteroatoms. The summed E-state index contributed by atoms with van der Waals surface area (Å²) in [6.07, 6.45) is 46.1. The first kappa shape index (κ1) is 65.3. The molecule has 1 aliphatic rings. The van der Waals surface area contributed by atoms with Gasteiger partial charge in [-0.1, -0.05) is 229 Å². The third kappa shape index (κ3) is 37.7. The predicted molar refractivity (Wildman–Crippen MR) is 281 cm³/mol. The highest BCUT2D eigenvalue weighted by Gasteiger charge is 2.51. The van der Waals surface area contributed by atoms with E-state index in [9.17, 15) is 39.8 Å². The molecule has 6 unspecified atom stereocenters. The third-order valence-electron chi connectivity index (χ3n) is 13.0. The summed E-state index contributed by atoms with van der Waals surface area (Å²) in [6, 6.07) is 0. The standard InChI is InChI=1S/C56H103O12P/c1-3-5-7-9-11-13-15-17-19-21-23-25-26-27-29-31-33-35-37-39-41-43-45-50(57)67-49(48-66-69(63,64)68-56-54(61)52(59)51(58)53(60)55(56)62)47-65-46-44-42-40-38-36-34-32-30-28-24-22-20-18-16-14-12-10-8-6-4-2/h6,8,12,14,18,20,24,28,49,51-56,58-62H,3-5,7,9-11,13,15-17,19,21-23,25-27,29-48H2,1-2H3,(H,63,64)/b8-6-,14-12-,20-18-,28-24-. The Morgan fingerprint density at radius 2 is 0.855 bits per heavy atom. The molecule has 0 saturated heterocycles. The van der Waals surface area contributed by atoms with Crippen LogP contribution in [0.15, 0.2) is 48.6 Å². The lowest BCUT2D eigenvalue weighted by atomic mass is 9.85. The van der Waals surface area contributed by atoms with E-state index in [1.165, 1.54) is 135 Å². The molecule has 1 saturated carbocycles. The van der Waals surface area contributed by atoms with Gasteiger partial charge < -0.3 is 39.9 Å². The highest BCUT2D eigenvalue weighted by Crippen LogP contribution is 2.47. The number of aliphatic hydroxyl groups is 5. The van der Waals surface area contributed by atoms with Crippen LogP contribution in [0.1, 0.15) is 239 Å². The molecule has 0 aromatic rings. The first-order chi connectivity index (χ1) is 33.5. The quantitative estimate of drug-likeness (QED) is 0.0146. The molecule has 0 amide bonds. The number of unbranched alkanes of at least 4 members (excludes halogenated alkanes) is 28. The predicted octanol–water partition coefficient (Wildman–Crippen LogP) is 13.2. The maximum Gasteiger partial charge on any atom is 0.472 e. The molecular formula is C56H103O12P. The van der Waals surface area contributed by atoms with Gasteiger partial charge in [0.1, 0.15) is 42.7 Å². The molecule has 1 fully saturated rings. The summed E-state index contributed by atoms with van der Waals surface area (Å²) in [6.45, 7) is 4.17. The van der Waals surface area contributed by atoms with Gasteiger partial charge in [-0.25, -0.2) is 4.57 Å². The van der Waals surface area contributed by atoms with Gasteiger partial charge in [-0.2, -0.15) is 0 Å². The number of aliphatic hydroxyl groups excluding tert-OH is 5. The fourth-order valence-corrected chi connectivity index (χ4v) is 9.56. The summed E-state index contributed by atoms with van der Waals surface area (Å²) in [5.74, 6) is -0.477. The molecule has 0 radical (unpaired) electrons. The molecule has 0 aromatic carbocycles. The second-order valence-electron chi connectivity index (χ2n) is 19.4. The van der Waals surface area contributed by atoms with E-state index in [4.69, 9.17) is 18.5 Å². The van der Waals surface area contributed by atoms with Crippen LogP contribution >= 0.6 is 7.82 Å². The molecule has 6 atom stereocenters. The average Bonchev–Trinajstić information content (AvgIpc) is 3.34. The van der Waals surface area contributed by atoms with E-state index in [0.29, 0.717) is 13.0 Å². The van der Waals surface area contributed by atoms with E-state index in [2.05, 4.69) is 62.5 Å². The molecule has 69 heavy (non-hydrogen) atoms. The van der Waals surface area contributed by atoms with Crippen molar-refractivity contribution in [3.05, 3.63) is 48.6 Å². The van der Waals surface area contributed by atoms with E-state index in [-0.39, 0.29) is 13.0 Å². The first-order valence-electron chi connectivity index (χ1n) is 28.0. The highest BCUT2D eigenvalue weighted by molar-refractivity contribution is 7.47. The van der Waals surface area contributed by atoms with Gasteiger partial charge in [0.2, 0.25) is 0 Å². The Morgan fingerprint density at radius 3 is 1.30 bits per heavy atom. The minimum atomic E-state index is -5.03. The number of carbonyl (C=O) groups excluding carboxylic acids is 1. The second-order valence-corrected chi connectivity index (χ2v) is 20.8. The fourth-order valence-electron chi connectivity index (χ4n) is 8.58. The number of carbonyl (C=O) groups is 1. The molecule has 0 spiro atoms. The lowest BCUT2D eigenvalue weighted by Gasteiger charge is -2.41. The van der Waals surface area contributed by atoms with Crippen LogP contribution in [0.3, 0.4) is 0 Å². The Bertz CT molecular complexity index is 1320. The zero-order valence-electron chi connectivity index (χ0n) is 43.6. The van der Waals surface area contributed by atoms with E-state index in [1.807, 2.05) is 0 Å². The Kier molecular flexibility index (Phi) is 43.6. The molecule has 0 heterocycles. The zero-order valence-corrected chi connectivity index (χ0v) is 44.5. The monoisotopic (exact) mass is 999 g/mol. The van der Waals surface area contributed by atoms with Gasteiger partial charge in [-0.05, 0) is 51.4 Å². The Labute approximate surface area is 420 Å². The van der Waals surface area contributed by atoms with Crippen molar-refractivity contribution in [3.63, 3.8) is 0 Å². The Balaban J connectivity index is 2.30. The number of allylic oxidation sites excluding steroid dienone is 8. The van der Waals surface area contributed by atoms with Crippen LogP contribution in [0.2, 0.25) is 0 Å². The molecule has 6 N–H and O–H groups in total. The number of hydrogen-bond acceptors (Lipinski definition) is 11. The van der Waals surface area contributed by atoms with Crippen molar-refractivity contribution >= 4 is 13.8 Å². The number of esters is 1. The van der Waals surface area contributed by atoms with Crippen molar-refractivity contribution < 1.29 is 58.3 Å². The lowest BCUT2D eigenvalue weighted by Crippen LogP contribution is -2.64. The first-order valence-corrected chi connectivity index (χ1v) is 29.5. The molecule has 1 rings (SSSR count). The topological polar surface area (TPSA) is 192 Å². The maximum atomic E-state index is 12.9. The van der Waals surface area contributed by atoms with Crippen LogP contribution in [-0.4, -0.2) is 98.9 Å². The fraction of sp³-hybridized carbons (Fsp3) is 0.839. The largest absolute Gasteiger partial charge is 0.472 e. The van der Waals surface area contributed by atoms with Crippen LogP contribution in [0.5, 0.6) is 0 Å². The van der Waals surface area contributed by atoms with Gasteiger partial charge in [-0.15, -0.1) is 0 Å². The molecular weight excluding hydrogens is 896 g/mol. The number of phosphoric ester groups is 1. The van der Waals surface area contributed by atoms with Crippen LogP contribution < -0.4 is 0 Å². The van der Waals surface area contributed by atoms with Gasteiger partial charge >= 0.3 is 13.8 Å². The number of ether oxygens (including phenoxy) is 2. The van der Waals surface area contributed by atoms with E-state index in [1.54, 1.807) is 0 Å². The van der Waals surface area contributed by atoms with Crippen molar-refractivity contribution in [3.8, 4) is 0 Å². The van der Waals surface area contributed by atoms with Gasteiger partial charge in [-0.3, -0.25) is 13.8 Å². The minimum Gasteiger partial charge on any atom is -0.457 e. The van der Waals surface area contributed by atoms with Gasteiger partial charge in [0.15, 0.2) is 0 Å². The summed E-state index contributed by atoms with van der Waals surface area (Å²) >= 11 is 0. The summed E-state index contributed by atoms with van der Waals surface area (Å²) in [5, 5.41) is 50.4. The van der Waals surface area contributed by atoms with Crippen molar-refractivity contribution in [2.45, 2.75) is 281 Å². The maximum absolute atomic E-state index is 12.9. The number of rotatable bonds is 48. The summed E-state index contributed by atoms with van der Waals surface area (Å²) in [7, 11) is -5.03. The Morgan fingerprint density at radius 1 is 0.478 bits per heavy atom. The molecule has 0 aromatic heterocycles. The molecule has 0 bridgehead atoms. The summed E-state index contributed by atoms with van der Waals surface area (Å²) in [5.41, 5.74) is 0. The molecule has 12 nitrogen and oxygen atoms in total. The minimum absolute atomic E-state index is 0.0826. The highest BCUT2D eigenvalue weighted by atomic mass is 31.2. The van der Waals surface area contributed by atoms with Crippen molar-refractivity contribution in [2.75, 3.05) is 19.8 Å². The van der Waals surface area contributed by atoms with Crippen LogP contribution in [0, 0.1) is 0 Å². The molecule has 1 aliphatic carbocycles.